The van der Waals surface area contributed by atoms with Gasteiger partial charge in [0.05, 0.1) is 0 Å². The van der Waals surface area contributed by atoms with Gasteiger partial charge in [-0.05, 0) is 48.6 Å². The maximum Gasteiger partial charge on any atom is 0.221 e. The number of allylic oxidation sites excluding steroid dienone is 1. The van der Waals surface area contributed by atoms with Crippen LogP contribution in [0.5, 0.6) is 0 Å². The van der Waals surface area contributed by atoms with Crippen LogP contribution >= 0.6 is 0 Å². The third-order valence-electron chi connectivity index (χ3n) is 3.57. The fourth-order valence-corrected chi connectivity index (χ4v) is 2.38. The average molecular weight is 331 g/mol. The van der Waals surface area contributed by atoms with Gasteiger partial charge in [-0.25, -0.2) is 0 Å². The number of anilines is 1. The summed E-state index contributed by atoms with van der Waals surface area (Å²) in [6, 6.07) is 20.2. The highest BCUT2D eigenvalue weighted by molar-refractivity contribution is 6.07. The normalized spacial score (nSPS) is 10.8. The standard InChI is InChI=1S/C21H17NO3/c1-15(23)22-18-9-7-16(8-10-18)20(24)13-11-19-12-14-21(25-19)17-5-3-2-4-6-17/h2-14H,1H3,(H,22,23)/b13-11+. The number of nitrogens with one attached hydrogen (secondary N) is 1. The topological polar surface area (TPSA) is 59.3 Å². The Kier molecular flexibility index (Phi) is 4.90. The smallest absolute Gasteiger partial charge is 0.221 e. The van der Waals surface area contributed by atoms with E-state index < -0.39 is 0 Å². The zero-order valence-corrected chi connectivity index (χ0v) is 13.7. The molecule has 3 rings (SSSR count). The lowest BCUT2D eigenvalue weighted by Crippen LogP contribution is -2.05. The SMILES string of the molecule is CC(=O)Nc1ccc(C(=O)/C=C/c2ccc(-c3ccccc3)o2)cc1. The zero-order valence-electron chi connectivity index (χ0n) is 13.7. The third-order valence-corrected chi connectivity index (χ3v) is 3.57. The molecule has 1 aromatic heterocycles. The molecule has 124 valence electrons. The van der Waals surface area contributed by atoms with Crippen molar-refractivity contribution in [3.05, 3.63) is 84.1 Å². The first-order valence-corrected chi connectivity index (χ1v) is 7.87. The predicted octanol–water partition coefficient (Wildman–Crippen LogP) is 4.80. The van der Waals surface area contributed by atoms with Crippen molar-refractivity contribution < 1.29 is 14.0 Å². The van der Waals surface area contributed by atoms with Crippen LogP contribution in [0.3, 0.4) is 0 Å². The Balaban J connectivity index is 1.68. The van der Waals surface area contributed by atoms with E-state index in [1.165, 1.54) is 13.0 Å². The van der Waals surface area contributed by atoms with Crippen molar-refractivity contribution in [2.45, 2.75) is 6.92 Å². The quantitative estimate of drug-likeness (QED) is 0.539. The van der Waals surface area contributed by atoms with E-state index in [1.807, 2.05) is 42.5 Å². The Morgan fingerprint density at radius 1 is 0.920 bits per heavy atom. The maximum absolute atomic E-state index is 12.2. The number of carbonyl (C=O) groups is 2. The minimum absolute atomic E-state index is 0.132. The summed E-state index contributed by atoms with van der Waals surface area (Å²) < 4.78 is 5.73. The van der Waals surface area contributed by atoms with Crippen molar-refractivity contribution in [3.8, 4) is 11.3 Å². The lowest BCUT2D eigenvalue weighted by molar-refractivity contribution is -0.114. The summed E-state index contributed by atoms with van der Waals surface area (Å²) in [5.74, 6) is 1.09. The number of benzene rings is 2. The van der Waals surface area contributed by atoms with Crippen molar-refractivity contribution >= 4 is 23.5 Å². The molecule has 1 heterocycles. The Morgan fingerprint density at radius 3 is 2.32 bits per heavy atom. The predicted molar refractivity (Wildman–Crippen MR) is 98.3 cm³/mol. The molecule has 0 radical (unpaired) electrons. The van der Waals surface area contributed by atoms with E-state index in [-0.39, 0.29) is 11.7 Å². The summed E-state index contributed by atoms with van der Waals surface area (Å²) >= 11 is 0. The minimum atomic E-state index is -0.147. The molecule has 0 bridgehead atoms. The number of hydrogen-bond donors (Lipinski definition) is 1. The molecular formula is C21H17NO3. The first kappa shape index (κ1) is 16.5. The molecule has 0 aliphatic heterocycles. The second-order valence-electron chi connectivity index (χ2n) is 5.52. The second kappa shape index (κ2) is 7.45. The van der Waals surface area contributed by atoms with Gasteiger partial charge in [0.25, 0.3) is 0 Å². The molecule has 0 aliphatic rings. The van der Waals surface area contributed by atoms with Crippen molar-refractivity contribution in [2.24, 2.45) is 0 Å². The Morgan fingerprint density at radius 2 is 1.64 bits per heavy atom. The average Bonchev–Trinajstić information content (AvgIpc) is 3.10. The van der Waals surface area contributed by atoms with Crippen molar-refractivity contribution in [2.75, 3.05) is 5.32 Å². The molecule has 0 saturated heterocycles. The van der Waals surface area contributed by atoms with E-state index in [0.717, 1.165) is 11.3 Å². The molecule has 0 fully saturated rings. The van der Waals surface area contributed by atoms with Crippen LogP contribution in [0.4, 0.5) is 5.69 Å². The van der Waals surface area contributed by atoms with Gasteiger partial charge in [-0.1, -0.05) is 30.3 Å². The van der Waals surface area contributed by atoms with E-state index in [0.29, 0.717) is 17.0 Å². The summed E-state index contributed by atoms with van der Waals surface area (Å²) in [4.78, 5) is 23.2. The van der Waals surface area contributed by atoms with Gasteiger partial charge in [0.1, 0.15) is 11.5 Å². The van der Waals surface area contributed by atoms with E-state index >= 15 is 0 Å². The summed E-state index contributed by atoms with van der Waals surface area (Å²) in [5, 5.41) is 2.66. The van der Waals surface area contributed by atoms with Gasteiger partial charge < -0.3 is 9.73 Å². The highest BCUT2D eigenvalue weighted by Crippen LogP contribution is 2.22. The van der Waals surface area contributed by atoms with E-state index in [1.54, 1.807) is 30.3 Å². The molecule has 0 aliphatic carbocycles. The number of furan rings is 1. The van der Waals surface area contributed by atoms with Gasteiger partial charge in [-0.3, -0.25) is 9.59 Å². The maximum atomic E-state index is 12.2. The van der Waals surface area contributed by atoms with Gasteiger partial charge in [0.15, 0.2) is 5.78 Å². The minimum Gasteiger partial charge on any atom is -0.457 e. The Bertz CT molecular complexity index is 906. The summed E-state index contributed by atoms with van der Waals surface area (Å²) in [7, 11) is 0. The lowest BCUT2D eigenvalue weighted by atomic mass is 10.1. The Labute approximate surface area is 145 Å². The number of carbonyl (C=O) groups excluding carboxylic acids is 2. The second-order valence-corrected chi connectivity index (χ2v) is 5.52. The highest BCUT2D eigenvalue weighted by Gasteiger charge is 2.05. The number of rotatable bonds is 5. The van der Waals surface area contributed by atoms with Crippen LogP contribution < -0.4 is 5.32 Å². The number of hydrogen-bond acceptors (Lipinski definition) is 3. The molecule has 3 aromatic rings. The van der Waals surface area contributed by atoms with Crippen molar-refractivity contribution in [1.82, 2.24) is 0 Å². The van der Waals surface area contributed by atoms with Gasteiger partial charge in [-0.15, -0.1) is 0 Å². The van der Waals surface area contributed by atoms with Crippen LogP contribution in [-0.2, 0) is 4.79 Å². The van der Waals surface area contributed by atoms with E-state index in [9.17, 15) is 9.59 Å². The number of amides is 1. The highest BCUT2D eigenvalue weighted by atomic mass is 16.3. The largest absolute Gasteiger partial charge is 0.457 e. The zero-order chi connectivity index (χ0) is 17.6. The third kappa shape index (κ3) is 4.32. The summed E-state index contributed by atoms with van der Waals surface area (Å²) in [6.07, 6.45) is 3.12. The van der Waals surface area contributed by atoms with Gasteiger partial charge in [-0.2, -0.15) is 0 Å². The monoisotopic (exact) mass is 331 g/mol. The Hall–Kier alpha value is -3.40. The molecular weight excluding hydrogens is 314 g/mol. The molecule has 0 unspecified atom stereocenters. The van der Waals surface area contributed by atoms with Crippen molar-refractivity contribution in [1.29, 1.82) is 0 Å². The molecule has 0 atom stereocenters. The molecule has 0 spiro atoms. The van der Waals surface area contributed by atoms with E-state index in [4.69, 9.17) is 4.42 Å². The molecule has 4 heteroatoms. The number of ketones is 1. The molecule has 1 amide bonds. The molecule has 1 N–H and O–H groups in total. The lowest BCUT2D eigenvalue weighted by Gasteiger charge is -2.02. The molecule has 4 nitrogen and oxygen atoms in total. The van der Waals surface area contributed by atoms with E-state index in [2.05, 4.69) is 5.32 Å². The fraction of sp³-hybridized carbons (Fsp3) is 0.0476. The van der Waals surface area contributed by atoms with Gasteiger partial charge >= 0.3 is 0 Å². The van der Waals surface area contributed by atoms with Crippen LogP contribution in [-0.4, -0.2) is 11.7 Å². The first-order valence-electron chi connectivity index (χ1n) is 7.87. The van der Waals surface area contributed by atoms with Crippen LogP contribution in [0.25, 0.3) is 17.4 Å². The summed E-state index contributed by atoms with van der Waals surface area (Å²) in [6.45, 7) is 1.44. The molecule has 2 aromatic carbocycles. The van der Waals surface area contributed by atoms with Gasteiger partial charge in [0, 0.05) is 23.7 Å². The molecule has 0 saturated carbocycles. The van der Waals surface area contributed by atoms with Crippen LogP contribution in [0, 0.1) is 0 Å². The van der Waals surface area contributed by atoms with Crippen molar-refractivity contribution in [3.63, 3.8) is 0 Å². The van der Waals surface area contributed by atoms with Crippen LogP contribution in [0.15, 0.2) is 77.2 Å². The van der Waals surface area contributed by atoms with Crippen LogP contribution in [0.2, 0.25) is 0 Å². The van der Waals surface area contributed by atoms with Crippen LogP contribution in [0.1, 0.15) is 23.0 Å². The first-order chi connectivity index (χ1) is 12.1. The summed E-state index contributed by atoms with van der Waals surface area (Å²) in [5.41, 5.74) is 2.19. The van der Waals surface area contributed by atoms with Gasteiger partial charge in [0.2, 0.25) is 5.91 Å². The fourth-order valence-electron chi connectivity index (χ4n) is 2.38. The molecule has 25 heavy (non-hydrogen) atoms.